The Morgan fingerprint density at radius 2 is 1.86 bits per heavy atom. The van der Waals surface area contributed by atoms with Crippen molar-refractivity contribution < 1.29 is 14.6 Å². The third-order valence-corrected chi connectivity index (χ3v) is 3.53. The van der Waals surface area contributed by atoms with Gasteiger partial charge < -0.3 is 19.9 Å². The van der Waals surface area contributed by atoms with Crippen LogP contribution in [-0.2, 0) is 11.2 Å². The van der Waals surface area contributed by atoms with E-state index in [1.165, 1.54) is 5.56 Å². The lowest BCUT2D eigenvalue weighted by Crippen LogP contribution is -2.35. The van der Waals surface area contributed by atoms with Crippen LogP contribution < -0.4 is 10.1 Å². The summed E-state index contributed by atoms with van der Waals surface area (Å²) < 4.78 is 11.1. The Kier molecular flexibility index (Phi) is 9.13. The van der Waals surface area contributed by atoms with Gasteiger partial charge in [0.05, 0.1) is 6.10 Å². The monoisotopic (exact) mass is 309 g/mol. The normalized spacial score (nSPS) is 14.1. The van der Waals surface area contributed by atoms with Gasteiger partial charge in [-0.2, -0.15) is 0 Å². The first-order chi connectivity index (χ1) is 10.5. The third-order valence-electron chi connectivity index (χ3n) is 3.53. The molecule has 0 saturated carbocycles. The summed E-state index contributed by atoms with van der Waals surface area (Å²) in [6.07, 6.45) is 2.90. The summed E-state index contributed by atoms with van der Waals surface area (Å²) in [7, 11) is 1.77. The highest BCUT2D eigenvalue weighted by molar-refractivity contribution is 5.27. The number of nitrogens with one attached hydrogen (secondary N) is 1. The Morgan fingerprint density at radius 3 is 2.41 bits per heavy atom. The van der Waals surface area contributed by atoms with Gasteiger partial charge in [0.25, 0.3) is 0 Å². The summed E-state index contributed by atoms with van der Waals surface area (Å²) in [5.41, 5.74) is 1.25. The van der Waals surface area contributed by atoms with E-state index in [2.05, 4.69) is 38.2 Å². The van der Waals surface area contributed by atoms with E-state index in [1.807, 2.05) is 12.1 Å². The van der Waals surface area contributed by atoms with Crippen LogP contribution in [0.3, 0.4) is 0 Å². The molecular formula is C18H31NO3. The summed E-state index contributed by atoms with van der Waals surface area (Å²) in [5, 5.41) is 13.0. The van der Waals surface area contributed by atoms with Gasteiger partial charge in [0.15, 0.2) is 0 Å². The van der Waals surface area contributed by atoms with Crippen molar-refractivity contribution in [2.75, 3.05) is 20.3 Å². The molecule has 1 rings (SSSR count). The second-order valence-corrected chi connectivity index (χ2v) is 6.02. The smallest absolute Gasteiger partial charge is 0.119 e. The largest absolute Gasteiger partial charge is 0.491 e. The van der Waals surface area contributed by atoms with E-state index in [-0.39, 0.29) is 6.10 Å². The lowest BCUT2D eigenvalue weighted by Gasteiger charge is -2.16. The number of hydrogen-bond donors (Lipinski definition) is 2. The lowest BCUT2D eigenvalue weighted by atomic mass is 10.0. The molecule has 1 aromatic carbocycles. The quantitative estimate of drug-likeness (QED) is 0.660. The summed E-state index contributed by atoms with van der Waals surface area (Å²) in [6.45, 7) is 7.12. The summed E-state index contributed by atoms with van der Waals surface area (Å²) in [6, 6.07) is 8.41. The van der Waals surface area contributed by atoms with Gasteiger partial charge >= 0.3 is 0 Å². The molecule has 4 heteroatoms. The molecule has 2 atom stereocenters. The number of methoxy groups -OCH3 is 1. The average molecular weight is 309 g/mol. The molecule has 0 spiro atoms. The standard InChI is InChI=1S/C18H31NO3/c1-5-6-18(21-4)11-15-7-9-17(10-8-15)22-13-16(20)12-19-14(2)3/h7-10,14,16,18-20H,5-6,11-13H2,1-4H3. The number of ether oxygens (including phenoxy) is 2. The van der Waals surface area contributed by atoms with Crippen LogP contribution in [0.15, 0.2) is 24.3 Å². The molecule has 0 fully saturated rings. The molecule has 2 N–H and O–H groups in total. The molecule has 0 aromatic heterocycles. The number of rotatable bonds is 11. The summed E-state index contributed by atoms with van der Waals surface area (Å²) in [4.78, 5) is 0. The fraction of sp³-hybridized carbons (Fsp3) is 0.667. The minimum atomic E-state index is -0.496. The van der Waals surface area contributed by atoms with E-state index in [1.54, 1.807) is 7.11 Å². The first-order valence-electron chi connectivity index (χ1n) is 8.21. The molecule has 0 radical (unpaired) electrons. The minimum Gasteiger partial charge on any atom is -0.491 e. The van der Waals surface area contributed by atoms with Crippen LogP contribution in [0.5, 0.6) is 5.75 Å². The second kappa shape index (κ2) is 10.6. The minimum absolute atomic E-state index is 0.278. The highest BCUT2D eigenvalue weighted by atomic mass is 16.5. The zero-order chi connectivity index (χ0) is 16.4. The fourth-order valence-corrected chi connectivity index (χ4v) is 2.23. The van der Waals surface area contributed by atoms with Crippen LogP contribution in [0.25, 0.3) is 0 Å². The van der Waals surface area contributed by atoms with E-state index in [9.17, 15) is 5.11 Å². The van der Waals surface area contributed by atoms with Crippen molar-refractivity contribution in [2.24, 2.45) is 0 Å². The van der Waals surface area contributed by atoms with Gasteiger partial charge in [-0.1, -0.05) is 39.3 Å². The Hall–Kier alpha value is -1.10. The first kappa shape index (κ1) is 18.9. The van der Waals surface area contributed by atoms with Gasteiger partial charge in [-0.25, -0.2) is 0 Å². The van der Waals surface area contributed by atoms with Crippen molar-refractivity contribution in [1.29, 1.82) is 0 Å². The Morgan fingerprint density at radius 1 is 1.18 bits per heavy atom. The van der Waals surface area contributed by atoms with Crippen LogP contribution in [0, 0.1) is 0 Å². The fourth-order valence-electron chi connectivity index (χ4n) is 2.23. The van der Waals surface area contributed by atoms with Gasteiger partial charge in [0, 0.05) is 19.7 Å². The number of hydrogen-bond acceptors (Lipinski definition) is 4. The van der Waals surface area contributed by atoms with E-state index in [4.69, 9.17) is 9.47 Å². The number of aliphatic hydroxyl groups is 1. The molecule has 0 aliphatic rings. The maximum Gasteiger partial charge on any atom is 0.119 e. The molecule has 0 heterocycles. The Bertz CT molecular complexity index is 392. The molecule has 0 aliphatic carbocycles. The highest BCUT2D eigenvalue weighted by Gasteiger charge is 2.08. The van der Waals surface area contributed by atoms with Gasteiger partial charge in [-0.05, 0) is 30.5 Å². The van der Waals surface area contributed by atoms with Crippen molar-refractivity contribution in [3.63, 3.8) is 0 Å². The summed E-state index contributed by atoms with van der Waals surface area (Å²) >= 11 is 0. The van der Waals surface area contributed by atoms with Gasteiger partial charge in [0.1, 0.15) is 18.5 Å². The molecule has 0 amide bonds. The SMILES string of the molecule is CCCC(Cc1ccc(OCC(O)CNC(C)C)cc1)OC. The third kappa shape index (κ3) is 7.78. The predicted molar refractivity (Wildman–Crippen MR) is 90.5 cm³/mol. The van der Waals surface area contributed by atoms with E-state index in [0.717, 1.165) is 25.0 Å². The van der Waals surface area contributed by atoms with Crippen LogP contribution in [0.2, 0.25) is 0 Å². The summed E-state index contributed by atoms with van der Waals surface area (Å²) in [5.74, 6) is 0.789. The maximum atomic E-state index is 9.82. The maximum absolute atomic E-state index is 9.82. The molecule has 1 aromatic rings. The van der Waals surface area contributed by atoms with E-state index < -0.39 is 6.10 Å². The van der Waals surface area contributed by atoms with Crippen molar-refractivity contribution in [1.82, 2.24) is 5.32 Å². The topological polar surface area (TPSA) is 50.7 Å². The average Bonchev–Trinajstić information content (AvgIpc) is 2.51. The highest BCUT2D eigenvalue weighted by Crippen LogP contribution is 2.16. The van der Waals surface area contributed by atoms with Crippen molar-refractivity contribution in [3.8, 4) is 5.75 Å². The molecule has 0 saturated heterocycles. The van der Waals surface area contributed by atoms with Gasteiger partial charge in [-0.3, -0.25) is 0 Å². The first-order valence-corrected chi connectivity index (χ1v) is 8.21. The molecular weight excluding hydrogens is 278 g/mol. The Balaban J connectivity index is 2.38. The van der Waals surface area contributed by atoms with Crippen LogP contribution in [0.4, 0.5) is 0 Å². The van der Waals surface area contributed by atoms with Gasteiger partial charge in [0.2, 0.25) is 0 Å². The molecule has 22 heavy (non-hydrogen) atoms. The van der Waals surface area contributed by atoms with E-state index >= 15 is 0 Å². The van der Waals surface area contributed by atoms with Crippen molar-refractivity contribution >= 4 is 0 Å². The molecule has 0 bridgehead atoms. The van der Waals surface area contributed by atoms with Crippen LogP contribution in [0.1, 0.15) is 39.2 Å². The van der Waals surface area contributed by atoms with Crippen LogP contribution >= 0.6 is 0 Å². The molecule has 2 unspecified atom stereocenters. The van der Waals surface area contributed by atoms with Gasteiger partial charge in [-0.15, -0.1) is 0 Å². The predicted octanol–water partition coefficient (Wildman–Crippen LogP) is 2.78. The van der Waals surface area contributed by atoms with E-state index in [0.29, 0.717) is 19.2 Å². The van der Waals surface area contributed by atoms with Crippen LogP contribution in [-0.4, -0.2) is 43.6 Å². The zero-order valence-electron chi connectivity index (χ0n) is 14.3. The second-order valence-electron chi connectivity index (χ2n) is 6.02. The molecule has 126 valence electrons. The van der Waals surface area contributed by atoms with Crippen molar-refractivity contribution in [2.45, 2.75) is 58.3 Å². The zero-order valence-corrected chi connectivity index (χ0v) is 14.3. The number of benzene rings is 1. The molecule has 0 aliphatic heterocycles. The number of aliphatic hydroxyl groups excluding tert-OH is 1. The lowest BCUT2D eigenvalue weighted by molar-refractivity contribution is 0.0948. The molecule has 4 nitrogen and oxygen atoms in total. The van der Waals surface area contributed by atoms with Crippen molar-refractivity contribution in [3.05, 3.63) is 29.8 Å². The Labute approximate surface area is 134 Å².